The highest BCUT2D eigenvalue weighted by molar-refractivity contribution is 9.10. The number of rotatable bonds is 7. The fourth-order valence-corrected chi connectivity index (χ4v) is 2.95. The second-order valence-corrected chi connectivity index (χ2v) is 7.08. The predicted octanol–water partition coefficient (Wildman–Crippen LogP) is 3.12. The lowest BCUT2D eigenvalue weighted by Crippen LogP contribution is -2.49. The summed E-state index contributed by atoms with van der Waals surface area (Å²) in [5, 5.41) is 2.44. The van der Waals surface area contributed by atoms with Crippen molar-refractivity contribution < 1.29 is 19.1 Å². The molecular weight excluding hydrogens is 458 g/mol. The van der Waals surface area contributed by atoms with E-state index in [0.717, 1.165) is 16.5 Å². The number of halogens is 1. The first kappa shape index (κ1) is 22.6. The molecule has 2 aromatic rings. The van der Waals surface area contributed by atoms with Gasteiger partial charge in [-0.3, -0.25) is 25.8 Å². The topological polar surface area (TPSA) is 88.7 Å². The average molecular weight is 480 g/mol. The van der Waals surface area contributed by atoms with Gasteiger partial charge in [-0.2, -0.15) is 0 Å². The van der Waals surface area contributed by atoms with Gasteiger partial charge in [-0.05, 0) is 83.5 Å². The van der Waals surface area contributed by atoms with E-state index in [9.17, 15) is 9.59 Å². The van der Waals surface area contributed by atoms with E-state index >= 15 is 0 Å². The van der Waals surface area contributed by atoms with E-state index in [1.807, 2.05) is 19.1 Å². The van der Waals surface area contributed by atoms with Crippen LogP contribution in [0.15, 0.2) is 46.9 Å². The Kier molecular flexibility index (Phi) is 8.88. The summed E-state index contributed by atoms with van der Waals surface area (Å²) in [6.07, 6.45) is 0.906. The lowest BCUT2D eigenvalue weighted by atomic mass is 10.2. The van der Waals surface area contributed by atoms with Gasteiger partial charge in [0.15, 0.2) is 11.7 Å². The normalized spacial score (nSPS) is 10.0. The zero-order valence-electron chi connectivity index (χ0n) is 16.1. The zero-order chi connectivity index (χ0) is 21.2. The van der Waals surface area contributed by atoms with Gasteiger partial charge in [-0.25, -0.2) is 0 Å². The van der Waals surface area contributed by atoms with E-state index in [0.29, 0.717) is 23.7 Å². The SMILES string of the molecule is CCOc1ccc(C(=O)NC(=S)NNC(=O)COc2ccc(CC)cc2Br)cc1. The first-order chi connectivity index (χ1) is 13.9. The summed E-state index contributed by atoms with van der Waals surface area (Å²) in [5.74, 6) is 0.377. The van der Waals surface area contributed by atoms with Crippen LogP contribution in [-0.4, -0.2) is 30.1 Å². The second kappa shape index (κ2) is 11.4. The van der Waals surface area contributed by atoms with Crippen LogP contribution in [0.3, 0.4) is 0 Å². The van der Waals surface area contributed by atoms with E-state index in [1.165, 1.54) is 0 Å². The van der Waals surface area contributed by atoms with Gasteiger partial charge in [0.05, 0.1) is 11.1 Å². The summed E-state index contributed by atoms with van der Waals surface area (Å²) in [7, 11) is 0. The van der Waals surface area contributed by atoms with Crippen LogP contribution in [-0.2, 0) is 11.2 Å². The van der Waals surface area contributed by atoms with Crippen LogP contribution in [0.5, 0.6) is 11.5 Å². The summed E-state index contributed by atoms with van der Waals surface area (Å²) in [5.41, 5.74) is 6.41. The average Bonchev–Trinajstić information content (AvgIpc) is 2.72. The second-order valence-electron chi connectivity index (χ2n) is 5.82. The maximum absolute atomic E-state index is 12.1. The number of hydrazine groups is 1. The molecule has 0 unspecified atom stereocenters. The largest absolute Gasteiger partial charge is 0.494 e. The van der Waals surface area contributed by atoms with Crippen LogP contribution < -0.4 is 25.6 Å². The summed E-state index contributed by atoms with van der Waals surface area (Å²) in [6, 6.07) is 12.3. The van der Waals surface area contributed by atoms with Crippen molar-refractivity contribution in [2.45, 2.75) is 20.3 Å². The molecule has 2 amide bonds. The van der Waals surface area contributed by atoms with Gasteiger partial charge in [0, 0.05) is 5.56 Å². The fourth-order valence-electron chi connectivity index (χ4n) is 2.26. The van der Waals surface area contributed by atoms with Crippen molar-refractivity contribution in [1.29, 1.82) is 0 Å². The molecule has 0 saturated carbocycles. The first-order valence-corrected chi connectivity index (χ1v) is 10.2. The fraction of sp³-hybridized carbons (Fsp3) is 0.250. The summed E-state index contributed by atoms with van der Waals surface area (Å²) >= 11 is 8.43. The van der Waals surface area contributed by atoms with Crippen LogP contribution in [0.2, 0.25) is 0 Å². The molecule has 0 atom stereocenters. The molecule has 0 heterocycles. The monoisotopic (exact) mass is 479 g/mol. The van der Waals surface area contributed by atoms with Gasteiger partial charge in [-0.1, -0.05) is 13.0 Å². The van der Waals surface area contributed by atoms with Crippen molar-refractivity contribution in [2.24, 2.45) is 0 Å². The number of thiocarbonyl (C=S) groups is 1. The highest BCUT2D eigenvalue weighted by atomic mass is 79.9. The predicted molar refractivity (Wildman–Crippen MR) is 118 cm³/mol. The van der Waals surface area contributed by atoms with Crippen molar-refractivity contribution in [3.05, 3.63) is 58.1 Å². The molecule has 154 valence electrons. The Morgan fingerprint density at radius 2 is 1.76 bits per heavy atom. The Hall–Kier alpha value is -2.65. The number of amides is 2. The van der Waals surface area contributed by atoms with Crippen LogP contribution in [0, 0.1) is 0 Å². The van der Waals surface area contributed by atoms with Crippen molar-refractivity contribution in [1.82, 2.24) is 16.2 Å². The van der Waals surface area contributed by atoms with Crippen LogP contribution in [0.4, 0.5) is 0 Å². The summed E-state index contributed by atoms with van der Waals surface area (Å²) < 4.78 is 11.6. The van der Waals surface area contributed by atoms with Gasteiger partial charge in [-0.15, -0.1) is 0 Å². The van der Waals surface area contributed by atoms with Crippen LogP contribution in [0.1, 0.15) is 29.8 Å². The number of hydrogen-bond acceptors (Lipinski definition) is 5. The number of aryl methyl sites for hydroxylation is 1. The number of carbonyl (C=O) groups is 2. The molecule has 0 aliphatic heterocycles. The lowest BCUT2D eigenvalue weighted by Gasteiger charge is -2.12. The highest BCUT2D eigenvalue weighted by Gasteiger charge is 2.10. The Morgan fingerprint density at radius 1 is 1.03 bits per heavy atom. The Bertz CT molecular complexity index is 875. The smallest absolute Gasteiger partial charge is 0.276 e. The standard InChI is InChI=1S/C20H22BrN3O4S/c1-3-13-5-10-17(16(21)11-13)28-12-18(25)23-24-20(29)22-19(26)14-6-8-15(9-7-14)27-4-2/h5-11H,3-4,12H2,1-2H3,(H,23,25)(H2,22,24,26,29). The van der Waals surface area contributed by atoms with Crippen molar-refractivity contribution in [3.63, 3.8) is 0 Å². The maximum Gasteiger partial charge on any atom is 0.276 e. The quantitative estimate of drug-likeness (QED) is 0.417. The van der Waals surface area contributed by atoms with Crippen molar-refractivity contribution in [3.8, 4) is 11.5 Å². The van der Waals surface area contributed by atoms with Crippen LogP contribution in [0.25, 0.3) is 0 Å². The summed E-state index contributed by atoms with van der Waals surface area (Å²) in [6.45, 7) is 4.26. The number of hydrogen-bond donors (Lipinski definition) is 3. The molecule has 29 heavy (non-hydrogen) atoms. The van der Waals surface area contributed by atoms with E-state index in [2.05, 4.69) is 39.0 Å². The van der Waals surface area contributed by atoms with Crippen molar-refractivity contribution >= 4 is 45.1 Å². The van der Waals surface area contributed by atoms with Crippen LogP contribution >= 0.6 is 28.1 Å². The molecule has 0 saturated heterocycles. The van der Waals surface area contributed by atoms with Gasteiger partial charge < -0.3 is 9.47 Å². The molecule has 7 nitrogen and oxygen atoms in total. The minimum atomic E-state index is -0.450. The minimum absolute atomic E-state index is 0.0364. The third-order valence-electron chi connectivity index (χ3n) is 3.73. The Balaban J connectivity index is 1.75. The third-order valence-corrected chi connectivity index (χ3v) is 4.56. The molecular formula is C20H22BrN3O4S. The number of benzene rings is 2. The Morgan fingerprint density at radius 3 is 2.38 bits per heavy atom. The Labute approximate surface area is 183 Å². The van der Waals surface area contributed by atoms with Gasteiger partial charge in [0.25, 0.3) is 11.8 Å². The molecule has 3 N–H and O–H groups in total. The third kappa shape index (κ3) is 7.35. The lowest BCUT2D eigenvalue weighted by molar-refractivity contribution is -0.123. The van der Waals surface area contributed by atoms with E-state index < -0.39 is 11.8 Å². The van der Waals surface area contributed by atoms with E-state index in [1.54, 1.807) is 30.3 Å². The number of nitrogens with one attached hydrogen (secondary N) is 3. The minimum Gasteiger partial charge on any atom is -0.494 e. The molecule has 2 aromatic carbocycles. The van der Waals surface area contributed by atoms with Gasteiger partial charge in [0.1, 0.15) is 11.5 Å². The molecule has 0 spiro atoms. The van der Waals surface area contributed by atoms with Crippen molar-refractivity contribution in [2.75, 3.05) is 13.2 Å². The molecule has 0 radical (unpaired) electrons. The number of ether oxygens (including phenoxy) is 2. The molecule has 9 heteroatoms. The molecule has 2 rings (SSSR count). The zero-order valence-corrected chi connectivity index (χ0v) is 18.5. The first-order valence-electron chi connectivity index (χ1n) is 8.97. The summed E-state index contributed by atoms with van der Waals surface area (Å²) in [4.78, 5) is 24.1. The molecule has 0 aliphatic carbocycles. The highest BCUT2D eigenvalue weighted by Crippen LogP contribution is 2.26. The van der Waals surface area contributed by atoms with Gasteiger partial charge in [0.2, 0.25) is 0 Å². The molecule has 0 bridgehead atoms. The van der Waals surface area contributed by atoms with E-state index in [-0.39, 0.29) is 11.7 Å². The molecule has 0 aliphatic rings. The maximum atomic E-state index is 12.1. The van der Waals surface area contributed by atoms with Gasteiger partial charge >= 0.3 is 0 Å². The molecule has 0 fully saturated rings. The number of carbonyl (C=O) groups excluding carboxylic acids is 2. The molecule has 0 aromatic heterocycles. The van der Waals surface area contributed by atoms with E-state index in [4.69, 9.17) is 21.7 Å².